The van der Waals surface area contributed by atoms with Crippen molar-refractivity contribution < 1.29 is 9.53 Å². The molecule has 1 heterocycles. The fourth-order valence-corrected chi connectivity index (χ4v) is 4.42. The standard InChI is InChI=1S/C15H23NO2Si/c1-12-14(9-10-18-12)15(17)16-11-19(2,3)13-7-5-4-6-8-13/h4-8,12,14H,9-11H2,1-3H3,(H,16,17). The maximum absolute atomic E-state index is 12.2. The Labute approximate surface area is 116 Å². The van der Waals surface area contributed by atoms with Gasteiger partial charge in [-0.25, -0.2) is 0 Å². The topological polar surface area (TPSA) is 38.3 Å². The molecule has 1 aliphatic heterocycles. The van der Waals surface area contributed by atoms with Crippen molar-refractivity contribution in [3.8, 4) is 0 Å². The van der Waals surface area contributed by atoms with Gasteiger partial charge in [0, 0.05) is 12.8 Å². The van der Waals surface area contributed by atoms with E-state index in [4.69, 9.17) is 4.74 Å². The van der Waals surface area contributed by atoms with Crippen LogP contribution >= 0.6 is 0 Å². The fourth-order valence-electron chi connectivity index (χ4n) is 2.51. The molecule has 2 atom stereocenters. The number of hydrogen-bond donors (Lipinski definition) is 1. The Morgan fingerprint density at radius 3 is 2.63 bits per heavy atom. The van der Waals surface area contributed by atoms with Crippen molar-refractivity contribution in [2.45, 2.75) is 32.5 Å². The molecule has 1 aromatic carbocycles. The molecule has 104 valence electrons. The molecule has 0 aromatic heterocycles. The smallest absolute Gasteiger partial charge is 0.225 e. The lowest BCUT2D eigenvalue weighted by Crippen LogP contribution is -2.53. The van der Waals surface area contributed by atoms with Gasteiger partial charge in [0.15, 0.2) is 0 Å². The van der Waals surface area contributed by atoms with Gasteiger partial charge in [-0.1, -0.05) is 48.6 Å². The normalized spacial score (nSPS) is 23.3. The minimum absolute atomic E-state index is 0.0283. The molecular weight excluding hydrogens is 254 g/mol. The Kier molecular flexibility index (Phi) is 4.42. The molecular formula is C15H23NO2Si. The highest BCUT2D eigenvalue weighted by Gasteiger charge is 2.32. The van der Waals surface area contributed by atoms with E-state index in [-0.39, 0.29) is 17.9 Å². The summed E-state index contributed by atoms with van der Waals surface area (Å²) in [6.07, 6.45) is 1.70. The second kappa shape index (κ2) is 5.88. The third-order valence-corrected chi connectivity index (χ3v) is 6.93. The van der Waals surface area contributed by atoms with Gasteiger partial charge in [0.05, 0.1) is 12.0 Å². The number of hydrogen-bond acceptors (Lipinski definition) is 2. The fraction of sp³-hybridized carbons (Fsp3) is 0.533. The van der Waals surface area contributed by atoms with E-state index in [9.17, 15) is 4.79 Å². The molecule has 4 heteroatoms. The number of carbonyl (C=O) groups is 1. The van der Waals surface area contributed by atoms with Gasteiger partial charge < -0.3 is 10.1 Å². The molecule has 1 aromatic rings. The average Bonchev–Trinajstić information content (AvgIpc) is 2.83. The van der Waals surface area contributed by atoms with Crippen LogP contribution in [0.1, 0.15) is 13.3 Å². The minimum Gasteiger partial charge on any atom is -0.378 e. The molecule has 0 aliphatic carbocycles. The highest BCUT2D eigenvalue weighted by molar-refractivity contribution is 6.90. The van der Waals surface area contributed by atoms with Crippen LogP contribution < -0.4 is 10.5 Å². The largest absolute Gasteiger partial charge is 0.378 e. The van der Waals surface area contributed by atoms with E-state index in [0.29, 0.717) is 6.61 Å². The second-order valence-corrected chi connectivity index (χ2v) is 10.6. The van der Waals surface area contributed by atoms with Crippen molar-refractivity contribution in [1.29, 1.82) is 0 Å². The highest BCUT2D eigenvalue weighted by atomic mass is 28.3. The molecule has 19 heavy (non-hydrogen) atoms. The van der Waals surface area contributed by atoms with Crippen LogP contribution in [0.15, 0.2) is 30.3 Å². The Morgan fingerprint density at radius 1 is 1.37 bits per heavy atom. The van der Waals surface area contributed by atoms with Crippen LogP contribution in [0.2, 0.25) is 13.1 Å². The summed E-state index contributed by atoms with van der Waals surface area (Å²) in [7, 11) is -1.59. The predicted octanol–water partition coefficient (Wildman–Crippen LogP) is 1.68. The Bertz CT molecular complexity index is 433. The maximum atomic E-state index is 12.2. The molecule has 1 N–H and O–H groups in total. The number of amides is 1. The quantitative estimate of drug-likeness (QED) is 0.851. The Morgan fingerprint density at radius 2 is 2.05 bits per heavy atom. The lowest BCUT2D eigenvalue weighted by atomic mass is 10.0. The van der Waals surface area contributed by atoms with E-state index in [1.54, 1.807) is 0 Å². The Balaban J connectivity index is 1.93. The van der Waals surface area contributed by atoms with Crippen molar-refractivity contribution in [3.63, 3.8) is 0 Å². The van der Waals surface area contributed by atoms with E-state index in [0.717, 1.165) is 12.6 Å². The summed E-state index contributed by atoms with van der Waals surface area (Å²) in [5, 5.41) is 4.52. The zero-order valence-electron chi connectivity index (χ0n) is 12.0. The zero-order valence-corrected chi connectivity index (χ0v) is 13.0. The molecule has 1 saturated heterocycles. The van der Waals surface area contributed by atoms with Crippen LogP contribution in [-0.4, -0.2) is 32.9 Å². The lowest BCUT2D eigenvalue weighted by molar-refractivity contribution is -0.126. The van der Waals surface area contributed by atoms with Crippen LogP contribution in [0.4, 0.5) is 0 Å². The predicted molar refractivity (Wildman–Crippen MR) is 80.1 cm³/mol. The van der Waals surface area contributed by atoms with E-state index in [1.165, 1.54) is 5.19 Å². The molecule has 3 nitrogen and oxygen atoms in total. The molecule has 1 aliphatic rings. The van der Waals surface area contributed by atoms with Crippen molar-refractivity contribution >= 4 is 19.2 Å². The molecule has 1 amide bonds. The van der Waals surface area contributed by atoms with Crippen LogP contribution in [-0.2, 0) is 9.53 Å². The summed E-state index contributed by atoms with van der Waals surface area (Å²) in [5.74, 6) is 0.182. The molecule has 2 unspecified atom stereocenters. The highest BCUT2D eigenvalue weighted by Crippen LogP contribution is 2.20. The molecule has 0 saturated carbocycles. The van der Waals surface area contributed by atoms with Crippen molar-refractivity contribution in [1.82, 2.24) is 5.32 Å². The Hall–Kier alpha value is -1.13. The van der Waals surface area contributed by atoms with Crippen molar-refractivity contribution in [2.24, 2.45) is 5.92 Å². The first-order chi connectivity index (χ1) is 9.00. The third kappa shape index (κ3) is 3.45. The van der Waals surface area contributed by atoms with Gasteiger partial charge in [0.1, 0.15) is 8.07 Å². The molecule has 0 radical (unpaired) electrons. The molecule has 0 spiro atoms. The van der Waals surface area contributed by atoms with Gasteiger partial charge in [0.25, 0.3) is 0 Å². The second-order valence-electron chi connectivity index (χ2n) is 5.94. The average molecular weight is 277 g/mol. The number of rotatable bonds is 4. The van der Waals surface area contributed by atoms with E-state index in [2.05, 4.69) is 42.7 Å². The summed E-state index contributed by atoms with van der Waals surface area (Å²) >= 11 is 0. The molecule has 2 rings (SSSR count). The van der Waals surface area contributed by atoms with Crippen LogP contribution in [0, 0.1) is 5.92 Å². The van der Waals surface area contributed by atoms with Gasteiger partial charge in [0.2, 0.25) is 5.91 Å². The number of nitrogens with one attached hydrogen (secondary N) is 1. The van der Waals surface area contributed by atoms with Crippen LogP contribution in [0.5, 0.6) is 0 Å². The van der Waals surface area contributed by atoms with Gasteiger partial charge in [-0.2, -0.15) is 0 Å². The van der Waals surface area contributed by atoms with E-state index >= 15 is 0 Å². The van der Waals surface area contributed by atoms with Crippen molar-refractivity contribution in [2.75, 3.05) is 12.8 Å². The van der Waals surface area contributed by atoms with Gasteiger partial charge >= 0.3 is 0 Å². The first-order valence-corrected chi connectivity index (χ1v) is 10.2. The maximum Gasteiger partial charge on any atom is 0.225 e. The summed E-state index contributed by atoms with van der Waals surface area (Å²) in [6.45, 7) is 7.27. The van der Waals surface area contributed by atoms with Gasteiger partial charge in [-0.3, -0.25) is 4.79 Å². The minimum atomic E-state index is -1.59. The van der Waals surface area contributed by atoms with E-state index < -0.39 is 8.07 Å². The zero-order chi connectivity index (χ0) is 13.9. The summed E-state index contributed by atoms with van der Waals surface area (Å²) < 4.78 is 5.45. The molecule has 1 fully saturated rings. The van der Waals surface area contributed by atoms with Gasteiger partial charge in [-0.15, -0.1) is 0 Å². The number of carbonyl (C=O) groups excluding carboxylic acids is 1. The third-order valence-electron chi connectivity index (χ3n) is 3.97. The van der Waals surface area contributed by atoms with E-state index in [1.807, 2.05) is 13.0 Å². The van der Waals surface area contributed by atoms with Crippen LogP contribution in [0.3, 0.4) is 0 Å². The number of ether oxygens (including phenoxy) is 1. The first kappa shape index (κ1) is 14.3. The molecule has 0 bridgehead atoms. The SMILES string of the molecule is CC1OCCC1C(=O)NC[Si](C)(C)c1ccccc1. The van der Waals surface area contributed by atoms with Crippen molar-refractivity contribution in [3.05, 3.63) is 30.3 Å². The van der Waals surface area contributed by atoms with Gasteiger partial charge in [-0.05, 0) is 13.3 Å². The first-order valence-electron chi connectivity index (χ1n) is 6.95. The number of benzene rings is 1. The summed E-state index contributed by atoms with van der Waals surface area (Å²) in [4.78, 5) is 12.2. The monoisotopic (exact) mass is 277 g/mol. The summed E-state index contributed by atoms with van der Waals surface area (Å²) in [6, 6.07) is 10.5. The lowest BCUT2D eigenvalue weighted by Gasteiger charge is -2.24. The summed E-state index contributed by atoms with van der Waals surface area (Å²) in [5.41, 5.74) is 0. The van der Waals surface area contributed by atoms with Crippen LogP contribution in [0.25, 0.3) is 0 Å².